The topological polar surface area (TPSA) is 55.5 Å². The lowest BCUT2D eigenvalue weighted by atomic mass is 9.88. The zero-order valence-electron chi connectivity index (χ0n) is 22.3. The Morgan fingerprint density at radius 3 is 2.74 bits per heavy atom. The van der Waals surface area contributed by atoms with Crippen molar-refractivity contribution in [2.24, 2.45) is 5.92 Å². The molecule has 1 heterocycles. The van der Waals surface area contributed by atoms with E-state index in [1.165, 1.54) is 18.2 Å². The molecular weight excluding hydrogens is 599 g/mol. The van der Waals surface area contributed by atoms with Crippen LogP contribution in [0.5, 0.6) is 0 Å². The molecule has 0 saturated heterocycles. The van der Waals surface area contributed by atoms with Crippen molar-refractivity contribution in [2.75, 3.05) is 11.5 Å². The quantitative estimate of drug-likeness (QED) is 0.145. The van der Waals surface area contributed by atoms with Crippen LogP contribution in [0.3, 0.4) is 0 Å². The van der Waals surface area contributed by atoms with Crippen molar-refractivity contribution < 1.29 is 23.1 Å². The van der Waals surface area contributed by atoms with Crippen molar-refractivity contribution in [3.05, 3.63) is 63.8 Å². The summed E-state index contributed by atoms with van der Waals surface area (Å²) in [5.74, 6) is 1.66. The van der Waals surface area contributed by atoms with E-state index in [9.17, 15) is 13.9 Å². The summed E-state index contributed by atoms with van der Waals surface area (Å²) in [6, 6.07) is 6.55. The molecule has 1 N–H and O–H groups in total. The summed E-state index contributed by atoms with van der Waals surface area (Å²) in [5, 5.41) is 14.4. The number of ether oxygens (including phenoxy) is 1. The normalized spacial score (nSPS) is 22.9. The zero-order chi connectivity index (χ0) is 26.8. The Kier molecular flexibility index (Phi) is 9.05. The van der Waals surface area contributed by atoms with Crippen LogP contribution in [0.2, 0.25) is 0 Å². The van der Waals surface area contributed by atoms with Gasteiger partial charge in [0.25, 0.3) is 0 Å². The average molecular weight is 638 g/mol. The molecule has 3 aliphatic carbocycles. The van der Waals surface area contributed by atoms with E-state index >= 15 is 0 Å². The molecule has 0 bridgehead atoms. The Labute approximate surface area is 238 Å². The monoisotopic (exact) mass is 637 g/mol. The summed E-state index contributed by atoms with van der Waals surface area (Å²) >= 11 is 2.47. The minimum atomic E-state index is -1.29. The van der Waals surface area contributed by atoms with Crippen LogP contribution in [0.25, 0.3) is 11.1 Å². The van der Waals surface area contributed by atoms with Gasteiger partial charge in [0.1, 0.15) is 23.5 Å². The number of hydrogen-bond acceptors (Lipinski definition) is 4. The lowest BCUT2D eigenvalue weighted by Crippen LogP contribution is -2.13. The molecule has 4 unspecified atom stereocenters. The number of aromatic nitrogens is 1. The van der Waals surface area contributed by atoms with Gasteiger partial charge in [-0.25, -0.2) is 8.78 Å². The Balaban J connectivity index is 1.21. The van der Waals surface area contributed by atoms with Crippen LogP contribution in [0.15, 0.2) is 34.6 Å². The number of nitrogens with zero attached hydrogens (tertiary/aromatic N) is 1. The largest absolute Gasteiger partial charge is 0.364 e. The van der Waals surface area contributed by atoms with Gasteiger partial charge in [-0.05, 0) is 86.8 Å². The minimum Gasteiger partial charge on any atom is -0.364 e. The molecule has 4 atom stereocenters. The van der Waals surface area contributed by atoms with Gasteiger partial charge in [-0.15, -0.1) is 0 Å². The average Bonchev–Trinajstić information content (AvgIpc) is 3.60. The lowest BCUT2D eigenvalue weighted by molar-refractivity contribution is -0.0274. The van der Waals surface area contributed by atoms with E-state index in [0.29, 0.717) is 36.8 Å². The summed E-state index contributed by atoms with van der Waals surface area (Å²) < 4.78 is 41.4. The van der Waals surface area contributed by atoms with Crippen molar-refractivity contribution >= 4 is 33.7 Å². The highest BCUT2D eigenvalue weighted by atomic mass is 127. The smallest absolute Gasteiger partial charge is 0.181 e. The van der Waals surface area contributed by atoms with E-state index in [4.69, 9.17) is 9.26 Å². The second-order valence-corrected chi connectivity index (χ2v) is 12.1. The number of halogens is 3. The first-order valence-corrected chi connectivity index (χ1v) is 15.6. The van der Waals surface area contributed by atoms with Gasteiger partial charge >= 0.3 is 0 Å². The van der Waals surface area contributed by atoms with Crippen molar-refractivity contribution in [3.63, 3.8) is 0 Å². The first kappa shape index (κ1) is 28.0. The van der Waals surface area contributed by atoms with Crippen LogP contribution in [-0.4, -0.2) is 34.3 Å². The Hall–Kier alpha value is -1.58. The van der Waals surface area contributed by atoms with Gasteiger partial charge in [-0.1, -0.05) is 58.9 Å². The summed E-state index contributed by atoms with van der Waals surface area (Å²) in [7, 11) is 1.52. The highest BCUT2D eigenvalue weighted by Gasteiger charge is 2.36. The number of fused-ring (bicyclic) bond motifs is 1. The van der Waals surface area contributed by atoms with Gasteiger partial charge in [0, 0.05) is 40.1 Å². The van der Waals surface area contributed by atoms with E-state index < -0.39 is 12.5 Å². The van der Waals surface area contributed by atoms with Gasteiger partial charge < -0.3 is 14.4 Å². The van der Waals surface area contributed by atoms with Gasteiger partial charge in [0.2, 0.25) is 0 Å². The van der Waals surface area contributed by atoms with Gasteiger partial charge in [0.15, 0.2) is 6.29 Å². The maximum Gasteiger partial charge on any atom is 0.181 e. The van der Waals surface area contributed by atoms with E-state index in [1.807, 2.05) is 0 Å². The number of aliphatic hydroxyl groups is 1. The standard InChI is InChI=1S/C31H38F2INO3/c1-18-15-25(31(36)37-2)22-13-9-19(16-24(18)22)5-3-6-20(17-34)10-14-23-29(35-38-30(23)21-11-12-21)28-26(32)7-4-8-27(28)33/h9,13,15-16,18,20-21,26,31,36H,3-8,10-12,14,17H2,1-2H3. The SMILES string of the molecule is COC(O)C1=CC(C)c2cc(CCCC(CI)CCc3c(C4=C(F)CCCC4F)noc3C3CC3)ccc21. The molecule has 4 nitrogen and oxygen atoms in total. The molecule has 0 amide bonds. The molecule has 1 aromatic carbocycles. The summed E-state index contributed by atoms with van der Waals surface area (Å²) in [4.78, 5) is 0. The maximum absolute atomic E-state index is 14.8. The fraction of sp³-hybridized carbons (Fsp3) is 0.581. The highest BCUT2D eigenvalue weighted by molar-refractivity contribution is 14.1. The Bertz CT molecular complexity index is 1200. The zero-order valence-corrected chi connectivity index (χ0v) is 24.5. The van der Waals surface area contributed by atoms with E-state index in [1.54, 1.807) is 0 Å². The van der Waals surface area contributed by atoms with Crippen LogP contribution >= 0.6 is 22.6 Å². The molecule has 3 aliphatic rings. The van der Waals surface area contributed by atoms with Crippen molar-refractivity contribution in [3.8, 4) is 0 Å². The lowest BCUT2D eigenvalue weighted by Gasteiger charge is -2.19. The first-order valence-electron chi connectivity index (χ1n) is 14.0. The first-order chi connectivity index (χ1) is 18.4. The van der Waals surface area contributed by atoms with Crippen LogP contribution in [-0.2, 0) is 17.6 Å². The molecule has 2 aromatic rings. The predicted octanol–water partition coefficient (Wildman–Crippen LogP) is 8.23. The number of allylic oxidation sites excluding steroid dienone is 3. The van der Waals surface area contributed by atoms with Gasteiger partial charge in [-0.2, -0.15) is 0 Å². The molecule has 1 fully saturated rings. The van der Waals surface area contributed by atoms with Crippen molar-refractivity contribution in [1.29, 1.82) is 0 Å². The van der Waals surface area contributed by atoms with Gasteiger partial charge in [0.05, 0.1) is 0 Å². The Morgan fingerprint density at radius 2 is 2.03 bits per heavy atom. The summed E-state index contributed by atoms with van der Waals surface area (Å²) in [5.41, 5.74) is 6.05. The molecule has 5 rings (SSSR count). The number of aryl methyl sites for hydroxylation is 1. The summed E-state index contributed by atoms with van der Waals surface area (Å²) in [6.45, 7) is 2.15. The van der Waals surface area contributed by atoms with E-state index in [0.717, 1.165) is 71.8 Å². The number of methoxy groups -OCH3 is 1. The number of hydrogen-bond donors (Lipinski definition) is 1. The third-order valence-corrected chi connectivity index (χ3v) is 9.66. The van der Waals surface area contributed by atoms with Crippen LogP contribution in [0.4, 0.5) is 8.78 Å². The number of alkyl halides is 2. The number of benzene rings is 1. The number of rotatable bonds is 12. The fourth-order valence-electron chi connectivity index (χ4n) is 6.04. The molecule has 0 aliphatic heterocycles. The van der Waals surface area contributed by atoms with Crippen LogP contribution < -0.4 is 0 Å². The second kappa shape index (κ2) is 12.3. The highest BCUT2D eigenvalue weighted by Crippen LogP contribution is 2.46. The predicted molar refractivity (Wildman–Crippen MR) is 155 cm³/mol. The van der Waals surface area contributed by atoms with E-state index in [2.05, 4.69) is 58.9 Å². The van der Waals surface area contributed by atoms with Crippen molar-refractivity contribution in [2.45, 2.75) is 95.4 Å². The van der Waals surface area contributed by atoms with Crippen LogP contribution in [0, 0.1) is 5.92 Å². The molecule has 1 aromatic heterocycles. The third kappa shape index (κ3) is 5.94. The van der Waals surface area contributed by atoms with Gasteiger partial charge in [-0.3, -0.25) is 0 Å². The third-order valence-electron chi connectivity index (χ3n) is 8.42. The molecule has 7 heteroatoms. The van der Waals surface area contributed by atoms with E-state index in [-0.39, 0.29) is 17.3 Å². The Morgan fingerprint density at radius 1 is 1.21 bits per heavy atom. The fourth-order valence-corrected chi connectivity index (χ4v) is 6.93. The number of aliphatic hydroxyl groups excluding tert-OH is 1. The van der Waals surface area contributed by atoms with Crippen LogP contribution in [0.1, 0.15) is 104 Å². The van der Waals surface area contributed by atoms with Crippen molar-refractivity contribution in [1.82, 2.24) is 5.16 Å². The minimum absolute atomic E-state index is 0.148. The molecular formula is C31H38F2INO3. The second-order valence-electron chi connectivity index (χ2n) is 11.2. The summed E-state index contributed by atoms with van der Waals surface area (Å²) in [6.07, 6.45) is 8.15. The molecule has 206 valence electrons. The molecule has 38 heavy (non-hydrogen) atoms. The molecule has 1 saturated carbocycles. The molecule has 0 radical (unpaired) electrons. The maximum atomic E-state index is 14.8. The molecule has 0 spiro atoms.